The van der Waals surface area contributed by atoms with Gasteiger partial charge in [-0.1, -0.05) is 23.7 Å². The molecule has 1 aromatic carbocycles. The number of aromatic nitrogens is 1. The number of benzene rings is 1. The van der Waals surface area contributed by atoms with E-state index < -0.39 is 17.7 Å². The van der Waals surface area contributed by atoms with Crippen molar-refractivity contribution < 1.29 is 19.1 Å². The van der Waals surface area contributed by atoms with Gasteiger partial charge in [0.25, 0.3) is 0 Å². The van der Waals surface area contributed by atoms with Crippen LogP contribution in [0.4, 0.5) is 4.79 Å². The van der Waals surface area contributed by atoms with Gasteiger partial charge < -0.3 is 9.47 Å². The van der Waals surface area contributed by atoms with E-state index in [2.05, 4.69) is 11.7 Å². The molecule has 7 heteroatoms. The van der Waals surface area contributed by atoms with Gasteiger partial charge in [0.1, 0.15) is 5.60 Å². The number of methoxy groups -OCH3 is 1. The third kappa shape index (κ3) is 5.57. The lowest BCUT2D eigenvalue weighted by Crippen LogP contribution is -2.26. The Morgan fingerprint density at radius 3 is 2.55 bits per heavy atom. The smallest absolute Gasteiger partial charge is 0.419 e. The molecule has 2 aromatic rings. The van der Waals surface area contributed by atoms with Gasteiger partial charge in [0.2, 0.25) is 0 Å². The SMILES string of the molecule is C=N/C(=C\C(=C/C)C(=O)OC)Cc1ccc2c(c1)c(Cl)cn2C(=O)OC(C)(C)C. The molecule has 0 amide bonds. The van der Waals surface area contributed by atoms with Gasteiger partial charge >= 0.3 is 12.1 Å². The van der Waals surface area contributed by atoms with Crippen molar-refractivity contribution in [2.24, 2.45) is 4.99 Å². The maximum absolute atomic E-state index is 12.4. The summed E-state index contributed by atoms with van der Waals surface area (Å²) in [4.78, 5) is 28.2. The van der Waals surface area contributed by atoms with Crippen LogP contribution < -0.4 is 0 Å². The van der Waals surface area contributed by atoms with E-state index in [4.69, 9.17) is 21.1 Å². The van der Waals surface area contributed by atoms with E-state index in [1.54, 1.807) is 52.1 Å². The molecule has 0 radical (unpaired) electrons. The molecule has 0 N–H and O–H groups in total. The van der Waals surface area contributed by atoms with Gasteiger partial charge in [0, 0.05) is 23.7 Å². The molecule has 1 aromatic heterocycles. The summed E-state index contributed by atoms with van der Waals surface area (Å²) in [7, 11) is 1.33. The Balaban J connectivity index is 2.37. The van der Waals surface area contributed by atoms with Crippen LogP contribution in [0.3, 0.4) is 0 Å². The Bertz CT molecular complexity index is 1010. The van der Waals surface area contributed by atoms with Gasteiger partial charge in [0.05, 0.1) is 23.2 Å². The normalized spacial score (nSPS) is 12.8. The average Bonchev–Trinajstić information content (AvgIpc) is 2.99. The molecule has 1 heterocycles. The molecular weight excluding hydrogens is 392 g/mol. The van der Waals surface area contributed by atoms with Crippen molar-refractivity contribution in [1.29, 1.82) is 0 Å². The molecule has 0 aliphatic rings. The minimum Gasteiger partial charge on any atom is -0.465 e. The zero-order valence-electron chi connectivity index (χ0n) is 17.3. The van der Waals surface area contributed by atoms with Crippen LogP contribution in [-0.2, 0) is 20.7 Å². The van der Waals surface area contributed by atoms with Crippen LogP contribution in [0.5, 0.6) is 0 Å². The number of hydrogen-bond acceptors (Lipinski definition) is 5. The topological polar surface area (TPSA) is 69.9 Å². The predicted molar refractivity (Wildman–Crippen MR) is 116 cm³/mol. The summed E-state index contributed by atoms with van der Waals surface area (Å²) in [5.41, 5.74) is 1.93. The number of fused-ring (bicyclic) bond motifs is 1. The minimum atomic E-state index is -0.612. The lowest BCUT2D eigenvalue weighted by Gasteiger charge is -2.19. The first-order valence-corrected chi connectivity index (χ1v) is 9.42. The number of carbonyl (C=O) groups excluding carboxylic acids is 2. The second-order valence-electron chi connectivity index (χ2n) is 7.39. The fraction of sp³-hybridized carbons (Fsp3) is 0.318. The van der Waals surface area contributed by atoms with E-state index in [1.165, 1.54) is 11.7 Å². The molecule has 0 bridgehead atoms. The molecule has 6 nitrogen and oxygen atoms in total. The second kappa shape index (κ2) is 9.09. The van der Waals surface area contributed by atoms with Crippen LogP contribution in [0.15, 0.2) is 52.8 Å². The van der Waals surface area contributed by atoms with Crippen molar-refractivity contribution in [3.63, 3.8) is 0 Å². The summed E-state index contributed by atoms with van der Waals surface area (Å²) in [6.45, 7) is 10.7. The van der Waals surface area contributed by atoms with Crippen LogP contribution >= 0.6 is 11.6 Å². The molecule has 0 unspecified atom stereocenters. The van der Waals surface area contributed by atoms with E-state index in [-0.39, 0.29) is 0 Å². The summed E-state index contributed by atoms with van der Waals surface area (Å²) in [5.74, 6) is -0.443. The van der Waals surface area contributed by atoms with Gasteiger partial charge in [-0.2, -0.15) is 0 Å². The van der Waals surface area contributed by atoms with Crippen molar-refractivity contribution in [2.45, 2.75) is 39.7 Å². The summed E-state index contributed by atoms with van der Waals surface area (Å²) in [6, 6.07) is 5.55. The van der Waals surface area contributed by atoms with Gasteiger partial charge in [-0.15, -0.1) is 0 Å². The maximum Gasteiger partial charge on any atom is 0.419 e. The van der Waals surface area contributed by atoms with Crippen LogP contribution in [0, 0.1) is 0 Å². The number of hydrogen-bond donors (Lipinski definition) is 0. The first-order chi connectivity index (χ1) is 13.6. The highest BCUT2D eigenvalue weighted by molar-refractivity contribution is 6.36. The number of aliphatic imine (C=N–C) groups is 1. The molecule has 0 fully saturated rings. The number of rotatable bonds is 5. The van der Waals surface area contributed by atoms with Crippen molar-refractivity contribution in [1.82, 2.24) is 4.57 Å². The van der Waals surface area contributed by atoms with E-state index in [0.29, 0.717) is 28.2 Å². The molecule has 2 rings (SSSR count). The summed E-state index contributed by atoms with van der Waals surface area (Å²) in [5, 5.41) is 1.16. The van der Waals surface area contributed by atoms with Crippen LogP contribution in [0.2, 0.25) is 5.02 Å². The van der Waals surface area contributed by atoms with E-state index in [9.17, 15) is 9.59 Å². The average molecular weight is 417 g/mol. The predicted octanol–water partition coefficient (Wildman–Crippen LogP) is 5.32. The number of halogens is 1. The number of nitrogens with zero attached hydrogens (tertiary/aromatic N) is 2. The van der Waals surface area contributed by atoms with Crippen molar-refractivity contribution in [2.75, 3.05) is 7.11 Å². The Morgan fingerprint density at radius 2 is 2.00 bits per heavy atom. The molecule has 0 aliphatic carbocycles. The molecule has 0 saturated carbocycles. The fourth-order valence-corrected chi connectivity index (χ4v) is 2.98. The Kier molecular flexibility index (Phi) is 7.03. The quantitative estimate of drug-likeness (QED) is 0.286. The lowest BCUT2D eigenvalue weighted by molar-refractivity contribution is -0.135. The summed E-state index contributed by atoms with van der Waals surface area (Å²) >= 11 is 6.35. The van der Waals surface area contributed by atoms with E-state index >= 15 is 0 Å². The standard InChI is InChI=1S/C22H25ClN2O4/c1-7-15(20(26)28-6)12-16(24-5)10-14-8-9-19-17(11-14)18(23)13-25(19)21(27)29-22(2,3)4/h7-9,11-13H,5,10H2,1-4,6H3/b15-7+,16-12-. The molecule has 0 atom stereocenters. The first kappa shape index (κ1) is 22.4. The molecular formula is C22H25ClN2O4. The van der Waals surface area contributed by atoms with Gasteiger partial charge in [-0.25, -0.2) is 9.59 Å². The van der Waals surface area contributed by atoms with Crippen LogP contribution in [0.1, 0.15) is 33.3 Å². The summed E-state index contributed by atoms with van der Waals surface area (Å²) < 4.78 is 11.6. The van der Waals surface area contributed by atoms with Crippen molar-refractivity contribution >= 4 is 41.3 Å². The Hall–Kier alpha value is -2.86. The highest BCUT2D eigenvalue weighted by Gasteiger charge is 2.20. The Labute approximate surface area is 175 Å². The molecule has 154 valence electrons. The van der Waals surface area contributed by atoms with Crippen molar-refractivity contribution in [3.8, 4) is 0 Å². The van der Waals surface area contributed by atoms with E-state index in [1.807, 2.05) is 12.1 Å². The lowest BCUT2D eigenvalue weighted by atomic mass is 10.1. The highest BCUT2D eigenvalue weighted by Crippen LogP contribution is 2.28. The van der Waals surface area contributed by atoms with Crippen LogP contribution in [-0.4, -0.2) is 36.1 Å². The zero-order chi connectivity index (χ0) is 21.8. The van der Waals surface area contributed by atoms with Gasteiger partial charge in [-0.3, -0.25) is 9.56 Å². The second-order valence-corrected chi connectivity index (χ2v) is 7.79. The number of carbonyl (C=O) groups is 2. The van der Waals surface area contributed by atoms with Crippen LogP contribution in [0.25, 0.3) is 10.9 Å². The third-order valence-corrected chi connectivity index (χ3v) is 4.35. The minimum absolute atomic E-state index is 0.394. The Morgan fingerprint density at radius 1 is 1.31 bits per heavy atom. The largest absolute Gasteiger partial charge is 0.465 e. The highest BCUT2D eigenvalue weighted by atomic mass is 35.5. The number of ether oxygens (including phenoxy) is 2. The van der Waals surface area contributed by atoms with Crippen molar-refractivity contribution in [3.05, 3.63) is 58.4 Å². The number of allylic oxidation sites excluding steroid dienone is 2. The van der Waals surface area contributed by atoms with E-state index in [0.717, 1.165) is 10.9 Å². The molecule has 0 spiro atoms. The van der Waals surface area contributed by atoms with Gasteiger partial charge in [-0.05, 0) is 58.2 Å². The fourth-order valence-electron chi connectivity index (χ4n) is 2.73. The maximum atomic E-state index is 12.4. The number of esters is 1. The molecule has 0 saturated heterocycles. The summed E-state index contributed by atoms with van der Waals surface area (Å²) in [6.07, 6.45) is 4.77. The van der Waals surface area contributed by atoms with Gasteiger partial charge in [0.15, 0.2) is 0 Å². The molecule has 0 aliphatic heterocycles. The zero-order valence-corrected chi connectivity index (χ0v) is 18.0. The third-order valence-electron chi connectivity index (χ3n) is 4.05. The first-order valence-electron chi connectivity index (χ1n) is 9.04. The molecule has 29 heavy (non-hydrogen) atoms. The monoisotopic (exact) mass is 416 g/mol.